The molecular formula is C10H8N4S. The minimum Gasteiger partial charge on any atom is -0.263 e. The van der Waals surface area contributed by atoms with Crippen molar-refractivity contribution in [1.29, 1.82) is 0 Å². The maximum atomic E-state index is 4.42. The maximum Gasteiger partial charge on any atom is 0.238 e. The van der Waals surface area contributed by atoms with Crippen molar-refractivity contribution in [3.05, 3.63) is 35.8 Å². The molecule has 0 aromatic carbocycles. The molecule has 0 unspecified atom stereocenters. The highest BCUT2D eigenvalue weighted by molar-refractivity contribution is 8.13. The van der Waals surface area contributed by atoms with Gasteiger partial charge in [0.15, 0.2) is 5.17 Å². The monoisotopic (exact) mass is 216 g/mol. The van der Waals surface area contributed by atoms with Gasteiger partial charge in [0.1, 0.15) is 5.82 Å². The Morgan fingerprint density at radius 2 is 2.20 bits per heavy atom. The van der Waals surface area contributed by atoms with Gasteiger partial charge in [0.05, 0.1) is 5.70 Å². The van der Waals surface area contributed by atoms with Gasteiger partial charge in [-0.15, -0.1) is 0 Å². The highest BCUT2D eigenvalue weighted by Crippen LogP contribution is 2.27. The van der Waals surface area contributed by atoms with E-state index < -0.39 is 0 Å². The fourth-order valence-corrected chi connectivity index (χ4v) is 1.92. The van der Waals surface area contributed by atoms with Crippen LogP contribution < -0.4 is 0 Å². The number of hydrogen-bond donors (Lipinski definition) is 0. The van der Waals surface area contributed by atoms with Crippen molar-refractivity contribution in [2.45, 2.75) is 0 Å². The number of hydrogen-bond acceptors (Lipinski definition) is 5. The second-order valence-corrected chi connectivity index (χ2v) is 3.87. The van der Waals surface area contributed by atoms with Crippen molar-refractivity contribution in [3.63, 3.8) is 0 Å². The smallest absolute Gasteiger partial charge is 0.238 e. The molecule has 0 aromatic heterocycles. The molecule has 0 atom stereocenters. The molecule has 0 saturated heterocycles. The quantitative estimate of drug-likeness (QED) is 0.619. The Hall–Kier alpha value is -1.62. The fraction of sp³-hybridized carbons (Fsp3) is 0.100. The van der Waals surface area contributed by atoms with Gasteiger partial charge in [0, 0.05) is 6.21 Å². The van der Waals surface area contributed by atoms with Crippen molar-refractivity contribution in [2.75, 3.05) is 6.26 Å². The van der Waals surface area contributed by atoms with Gasteiger partial charge in [-0.1, -0.05) is 17.8 Å². The summed E-state index contributed by atoms with van der Waals surface area (Å²) in [6.07, 6.45) is 11.6. The lowest BCUT2D eigenvalue weighted by atomic mass is 10.2. The van der Waals surface area contributed by atoms with Crippen LogP contribution in [0.5, 0.6) is 0 Å². The largest absolute Gasteiger partial charge is 0.263 e. The molecule has 3 rings (SSSR count). The first kappa shape index (κ1) is 8.67. The summed E-state index contributed by atoms with van der Waals surface area (Å²) in [5, 5.41) is 0.751. The molecule has 0 aromatic rings. The summed E-state index contributed by atoms with van der Waals surface area (Å²) in [7, 11) is 0. The molecule has 0 saturated carbocycles. The Bertz CT molecular complexity index is 492. The minimum atomic E-state index is 0.697. The standard InChI is InChI=1S/C10H8N4S/c1-15-10-12-8-4-2-3-7-5-6-11-9(13-10)14(7)8/h2-6H,1H3. The predicted octanol–water partition coefficient (Wildman–Crippen LogP) is 1.76. The van der Waals surface area contributed by atoms with Crippen LogP contribution in [0.3, 0.4) is 0 Å². The van der Waals surface area contributed by atoms with Crippen LogP contribution in [0.25, 0.3) is 0 Å². The molecule has 0 aliphatic carbocycles. The van der Waals surface area contributed by atoms with Crippen LogP contribution >= 0.6 is 11.8 Å². The second kappa shape index (κ2) is 3.20. The van der Waals surface area contributed by atoms with Crippen molar-refractivity contribution in [2.24, 2.45) is 15.0 Å². The predicted molar refractivity (Wildman–Crippen MR) is 64.0 cm³/mol. The molecule has 0 N–H and O–H groups in total. The van der Waals surface area contributed by atoms with Gasteiger partial charge in [-0.05, 0) is 24.5 Å². The van der Waals surface area contributed by atoms with E-state index in [4.69, 9.17) is 0 Å². The highest BCUT2D eigenvalue weighted by Gasteiger charge is 2.26. The van der Waals surface area contributed by atoms with E-state index in [1.165, 1.54) is 11.8 Å². The lowest BCUT2D eigenvalue weighted by molar-refractivity contribution is 0.619. The van der Waals surface area contributed by atoms with Crippen LogP contribution in [0.15, 0.2) is 50.8 Å². The topological polar surface area (TPSA) is 40.3 Å². The Morgan fingerprint density at radius 1 is 1.27 bits per heavy atom. The first-order chi connectivity index (χ1) is 7.38. The molecule has 15 heavy (non-hydrogen) atoms. The molecule has 3 heterocycles. The zero-order valence-electron chi connectivity index (χ0n) is 8.08. The Kier molecular flexibility index (Phi) is 1.85. The van der Waals surface area contributed by atoms with Crippen molar-refractivity contribution < 1.29 is 0 Å². The van der Waals surface area contributed by atoms with Crippen molar-refractivity contribution in [1.82, 2.24) is 4.90 Å². The summed E-state index contributed by atoms with van der Waals surface area (Å²) < 4.78 is 0. The summed E-state index contributed by atoms with van der Waals surface area (Å²) in [4.78, 5) is 14.9. The van der Waals surface area contributed by atoms with Gasteiger partial charge < -0.3 is 0 Å². The van der Waals surface area contributed by atoms with Gasteiger partial charge in [0.25, 0.3) is 0 Å². The molecule has 0 amide bonds. The maximum absolute atomic E-state index is 4.42. The van der Waals surface area contributed by atoms with Crippen LogP contribution in [0.4, 0.5) is 0 Å². The number of nitrogens with zero attached hydrogens (tertiary/aromatic N) is 4. The van der Waals surface area contributed by atoms with Crippen molar-refractivity contribution >= 4 is 29.1 Å². The van der Waals surface area contributed by atoms with E-state index in [-0.39, 0.29) is 0 Å². The van der Waals surface area contributed by atoms with Gasteiger partial charge in [0.2, 0.25) is 5.96 Å². The van der Waals surface area contributed by atoms with Crippen LogP contribution in [0, 0.1) is 0 Å². The van der Waals surface area contributed by atoms with Crippen molar-refractivity contribution in [3.8, 4) is 0 Å². The normalized spacial score (nSPS) is 21.5. The van der Waals surface area contributed by atoms with Gasteiger partial charge in [-0.25, -0.2) is 9.98 Å². The number of amidine groups is 1. The third kappa shape index (κ3) is 1.27. The molecule has 74 valence electrons. The first-order valence-corrected chi connectivity index (χ1v) is 5.75. The number of allylic oxidation sites excluding steroid dienone is 4. The first-order valence-electron chi connectivity index (χ1n) is 4.53. The molecule has 5 heteroatoms. The summed E-state index contributed by atoms with van der Waals surface area (Å²) in [6, 6.07) is 0. The summed E-state index contributed by atoms with van der Waals surface area (Å²) in [5.41, 5.74) is 1.06. The number of thioether (sulfide) groups is 1. The van der Waals surface area contributed by atoms with Crippen LogP contribution in [0.1, 0.15) is 0 Å². The minimum absolute atomic E-state index is 0.697. The lowest BCUT2D eigenvalue weighted by Crippen LogP contribution is -2.33. The summed E-state index contributed by atoms with van der Waals surface area (Å²) in [6.45, 7) is 0. The van der Waals surface area contributed by atoms with Gasteiger partial charge >= 0.3 is 0 Å². The van der Waals surface area contributed by atoms with E-state index in [0.717, 1.165) is 16.7 Å². The van der Waals surface area contributed by atoms with Gasteiger partial charge in [-0.2, -0.15) is 4.99 Å². The number of guanidine groups is 1. The number of aliphatic imine (C=N–C) groups is 3. The molecule has 4 nitrogen and oxygen atoms in total. The molecule has 3 aliphatic heterocycles. The summed E-state index contributed by atoms with van der Waals surface area (Å²) in [5.74, 6) is 1.58. The lowest BCUT2D eigenvalue weighted by Gasteiger charge is -2.30. The van der Waals surface area contributed by atoms with Crippen LogP contribution in [0.2, 0.25) is 0 Å². The molecular weight excluding hydrogens is 208 g/mol. The second-order valence-electron chi connectivity index (χ2n) is 3.10. The van der Waals surface area contributed by atoms with Crippen LogP contribution in [-0.4, -0.2) is 28.5 Å². The molecule has 0 fully saturated rings. The van der Waals surface area contributed by atoms with E-state index in [0.29, 0.717) is 5.96 Å². The van der Waals surface area contributed by atoms with E-state index in [2.05, 4.69) is 15.0 Å². The Balaban J connectivity index is 2.16. The Labute approximate surface area is 91.5 Å². The average molecular weight is 216 g/mol. The molecule has 0 bridgehead atoms. The number of rotatable bonds is 0. The zero-order valence-corrected chi connectivity index (χ0v) is 8.90. The van der Waals surface area contributed by atoms with Gasteiger partial charge in [-0.3, -0.25) is 4.90 Å². The SMILES string of the molecule is CSC1=NC2=CC=CC3=CC=NC(=N1)N32. The third-order valence-electron chi connectivity index (χ3n) is 2.22. The van der Waals surface area contributed by atoms with E-state index in [1.54, 1.807) is 6.21 Å². The molecule has 3 aliphatic rings. The Morgan fingerprint density at radius 3 is 3.07 bits per heavy atom. The zero-order chi connectivity index (χ0) is 10.3. The molecule has 0 spiro atoms. The highest BCUT2D eigenvalue weighted by atomic mass is 32.2. The molecule has 0 radical (unpaired) electrons. The van der Waals surface area contributed by atoms with E-state index in [1.807, 2.05) is 35.5 Å². The average Bonchev–Trinajstić information content (AvgIpc) is 2.29. The van der Waals surface area contributed by atoms with E-state index >= 15 is 0 Å². The van der Waals surface area contributed by atoms with Crippen LogP contribution in [-0.2, 0) is 0 Å². The van der Waals surface area contributed by atoms with E-state index in [9.17, 15) is 0 Å². The fourth-order valence-electron chi connectivity index (χ4n) is 1.57. The summed E-state index contributed by atoms with van der Waals surface area (Å²) >= 11 is 1.52. The third-order valence-corrected chi connectivity index (χ3v) is 2.77.